The molecule has 0 amide bonds. The Morgan fingerprint density at radius 2 is 1.62 bits per heavy atom. The SMILES string of the molecule is CC(C)(C)c1ccc([C@@H](c2cccs2)N2CCNCC2)cc1.Cl.Cl. The Balaban J connectivity index is 0.00000144. The lowest BCUT2D eigenvalue weighted by Gasteiger charge is -2.35. The number of hydrogen-bond donors (Lipinski definition) is 1. The summed E-state index contributed by atoms with van der Waals surface area (Å²) >= 11 is 1.87. The van der Waals surface area contributed by atoms with Gasteiger partial charge >= 0.3 is 0 Å². The summed E-state index contributed by atoms with van der Waals surface area (Å²) in [5, 5.41) is 5.65. The molecule has 2 heterocycles. The summed E-state index contributed by atoms with van der Waals surface area (Å²) in [6.45, 7) is 11.2. The van der Waals surface area contributed by atoms with Crippen molar-refractivity contribution in [2.24, 2.45) is 0 Å². The van der Waals surface area contributed by atoms with Crippen LogP contribution in [0.4, 0.5) is 0 Å². The number of thiophene rings is 1. The van der Waals surface area contributed by atoms with E-state index in [1.807, 2.05) is 11.3 Å². The Labute approximate surface area is 162 Å². The number of halogens is 2. The van der Waals surface area contributed by atoms with Gasteiger partial charge in [0.05, 0.1) is 6.04 Å². The van der Waals surface area contributed by atoms with Crippen molar-refractivity contribution in [1.82, 2.24) is 10.2 Å². The van der Waals surface area contributed by atoms with Gasteiger partial charge < -0.3 is 5.32 Å². The molecule has 0 saturated carbocycles. The van der Waals surface area contributed by atoms with Gasteiger partial charge in [-0.05, 0) is 28.0 Å². The van der Waals surface area contributed by atoms with Crippen molar-refractivity contribution in [2.45, 2.75) is 32.2 Å². The van der Waals surface area contributed by atoms with Gasteiger partial charge in [-0.1, -0.05) is 51.1 Å². The molecule has 1 aromatic carbocycles. The molecule has 2 nitrogen and oxygen atoms in total. The first kappa shape index (κ1) is 21.5. The Kier molecular flexibility index (Phi) is 8.24. The fourth-order valence-electron chi connectivity index (χ4n) is 3.11. The van der Waals surface area contributed by atoms with Crippen molar-refractivity contribution in [2.75, 3.05) is 26.2 Å². The Morgan fingerprint density at radius 1 is 1.00 bits per heavy atom. The molecule has 1 N–H and O–H groups in total. The van der Waals surface area contributed by atoms with Crippen LogP contribution in [0.2, 0.25) is 0 Å². The van der Waals surface area contributed by atoms with Gasteiger partial charge in [-0.15, -0.1) is 36.2 Å². The molecule has 1 aromatic heterocycles. The Bertz CT molecular complexity index is 585. The van der Waals surface area contributed by atoms with Gasteiger partial charge in [-0.2, -0.15) is 0 Å². The van der Waals surface area contributed by atoms with Crippen molar-refractivity contribution in [3.8, 4) is 0 Å². The fourth-order valence-corrected chi connectivity index (χ4v) is 3.99. The lowest BCUT2D eigenvalue weighted by atomic mass is 9.86. The molecular weight excluding hydrogens is 359 g/mol. The van der Waals surface area contributed by atoms with E-state index >= 15 is 0 Å². The van der Waals surface area contributed by atoms with Crippen molar-refractivity contribution < 1.29 is 0 Å². The van der Waals surface area contributed by atoms with Gasteiger partial charge in [-0.25, -0.2) is 0 Å². The van der Waals surface area contributed by atoms with E-state index in [2.05, 4.69) is 72.8 Å². The average Bonchev–Trinajstić information content (AvgIpc) is 3.02. The fraction of sp³-hybridized carbons (Fsp3) is 0.474. The minimum atomic E-state index is 0. The smallest absolute Gasteiger partial charge is 0.0696 e. The predicted octanol–water partition coefficient (Wildman–Crippen LogP) is 4.88. The number of nitrogens with zero attached hydrogens (tertiary/aromatic N) is 1. The Hall–Kier alpha value is -0.580. The quantitative estimate of drug-likeness (QED) is 0.807. The van der Waals surface area contributed by atoms with Crippen LogP contribution in [-0.2, 0) is 5.41 Å². The second kappa shape index (κ2) is 9.21. The van der Waals surface area contributed by atoms with Gasteiger partial charge in [-0.3, -0.25) is 4.90 Å². The van der Waals surface area contributed by atoms with Gasteiger partial charge in [0.25, 0.3) is 0 Å². The monoisotopic (exact) mass is 386 g/mol. The first-order valence-electron chi connectivity index (χ1n) is 8.14. The molecule has 1 aliphatic heterocycles. The first-order chi connectivity index (χ1) is 10.6. The summed E-state index contributed by atoms with van der Waals surface area (Å²) in [5.74, 6) is 0. The maximum atomic E-state index is 3.46. The molecule has 0 spiro atoms. The molecule has 0 aliphatic carbocycles. The zero-order chi connectivity index (χ0) is 15.6. The molecule has 0 bridgehead atoms. The Morgan fingerprint density at radius 3 is 2.12 bits per heavy atom. The highest BCUT2D eigenvalue weighted by Crippen LogP contribution is 2.33. The van der Waals surface area contributed by atoms with Gasteiger partial charge in [0.2, 0.25) is 0 Å². The second-order valence-electron chi connectivity index (χ2n) is 7.08. The molecule has 0 unspecified atom stereocenters. The minimum absolute atomic E-state index is 0. The van der Waals surface area contributed by atoms with Crippen LogP contribution in [0, 0.1) is 0 Å². The maximum Gasteiger partial charge on any atom is 0.0696 e. The van der Waals surface area contributed by atoms with Crippen molar-refractivity contribution in [3.63, 3.8) is 0 Å². The molecule has 1 saturated heterocycles. The van der Waals surface area contributed by atoms with E-state index in [0.29, 0.717) is 6.04 Å². The van der Waals surface area contributed by atoms with Crippen LogP contribution in [0.5, 0.6) is 0 Å². The van der Waals surface area contributed by atoms with Gasteiger partial charge in [0.15, 0.2) is 0 Å². The predicted molar refractivity (Wildman–Crippen MR) is 110 cm³/mol. The summed E-state index contributed by atoms with van der Waals surface area (Å²) in [6, 6.07) is 14.1. The highest BCUT2D eigenvalue weighted by Gasteiger charge is 2.25. The number of hydrogen-bond acceptors (Lipinski definition) is 3. The summed E-state index contributed by atoms with van der Waals surface area (Å²) < 4.78 is 0. The minimum Gasteiger partial charge on any atom is -0.314 e. The third-order valence-corrected chi connectivity index (χ3v) is 5.35. The van der Waals surface area contributed by atoms with E-state index in [1.54, 1.807) is 0 Å². The van der Waals surface area contributed by atoms with Crippen LogP contribution in [0.15, 0.2) is 41.8 Å². The molecule has 134 valence electrons. The number of nitrogens with one attached hydrogen (secondary N) is 1. The lowest BCUT2D eigenvalue weighted by Crippen LogP contribution is -2.45. The highest BCUT2D eigenvalue weighted by atomic mass is 35.5. The normalized spacial score (nSPS) is 16.8. The molecule has 1 atom stereocenters. The highest BCUT2D eigenvalue weighted by molar-refractivity contribution is 7.10. The zero-order valence-electron chi connectivity index (χ0n) is 14.6. The van der Waals surface area contributed by atoms with Crippen LogP contribution in [-0.4, -0.2) is 31.1 Å². The van der Waals surface area contributed by atoms with E-state index in [9.17, 15) is 0 Å². The van der Waals surface area contributed by atoms with E-state index in [-0.39, 0.29) is 30.2 Å². The molecule has 2 aromatic rings. The molecule has 0 radical (unpaired) electrons. The van der Waals surface area contributed by atoms with Crippen molar-refractivity contribution in [3.05, 3.63) is 57.8 Å². The zero-order valence-corrected chi connectivity index (χ0v) is 17.1. The molecular formula is C19H28Cl2N2S. The van der Waals surface area contributed by atoms with Crippen LogP contribution in [0.1, 0.15) is 42.8 Å². The van der Waals surface area contributed by atoms with E-state index in [1.165, 1.54) is 16.0 Å². The summed E-state index contributed by atoms with van der Waals surface area (Å²) in [6.07, 6.45) is 0. The van der Waals surface area contributed by atoms with Crippen LogP contribution < -0.4 is 5.32 Å². The molecule has 24 heavy (non-hydrogen) atoms. The summed E-state index contributed by atoms with van der Waals surface area (Å²) in [4.78, 5) is 4.06. The second-order valence-corrected chi connectivity index (χ2v) is 8.06. The third-order valence-electron chi connectivity index (χ3n) is 4.42. The number of rotatable bonds is 3. The third kappa shape index (κ3) is 4.96. The van der Waals surface area contributed by atoms with Crippen molar-refractivity contribution >= 4 is 36.2 Å². The van der Waals surface area contributed by atoms with Gasteiger partial charge in [0, 0.05) is 31.1 Å². The molecule has 1 aliphatic rings. The molecule has 1 fully saturated rings. The van der Waals surface area contributed by atoms with Crippen LogP contribution in [0.3, 0.4) is 0 Å². The van der Waals surface area contributed by atoms with Crippen LogP contribution >= 0.6 is 36.2 Å². The average molecular weight is 387 g/mol. The molecule has 3 rings (SSSR count). The molecule has 5 heteroatoms. The van der Waals surface area contributed by atoms with Crippen molar-refractivity contribution in [1.29, 1.82) is 0 Å². The van der Waals surface area contributed by atoms with Gasteiger partial charge in [0.1, 0.15) is 0 Å². The van der Waals surface area contributed by atoms with Crippen LogP contribution in [0.25, 0.3) is 0 Å². The topological polar surface area (TPSA) is 15.3 Å². The first-order valence-corrected chi connectivity index (χ1v) is 9.02. The summed E-state index contributed by atoms with van der Waals surface area (Å²) in [7, 11) is 0. The number of benzene rings is 1. The lowest BCUT2D eigenvalue weighted by molar-refractivity contribution is 0.200. The summed E-state index contributed by atoms with van der Waals surface area (Å²) in [5.41, 5.74) is 3.03. The maximum absolute atomic E-state index is 3.46. The number of piperazine rings is 1. The van der Waals surface area contributed by atoms with E-state index in [4.69, 9.17) is 0 Å². The standard InChI is InChI=1S/C19H26N2S.2ClH/c1-19(2,3)16-8-6-15(7-9-16)18(17-5-4-14-22-17)21-12-10-20-11-13-21;;/h4-9,14,18,20H,10-13H2,1-3H3;2*1H/t18-;;/m0../s1. The van der Waals surface area contributed by atoms with E-state index in [0.717, 1.165) is 26.2 Å². The largest absolute Gasteiger partial charge is 0.314 e. The van der Waals surface area contributed by atoms with E-state index < -0.39 is 0 Å².